The maximum atomic E-state index is 13.4. The molecule has 2 atom stereocenters. The Kier molecular flexibility index (Phi) is 10.1. The number of carbonyl (C=O) groups excluding carboxylic acids is 2. The van der Waals surface area contributed by atoms with Crippen molar-refractivity contribution in [2.75, 3.05) is 29.6 Å². The number of thioether (sulfide) groups is 2. The van der Waals surface area contributed by atoms with E-state index >= 15 is 0 Å². The first-order chi connectivity index (χ1) is 24.3. The van der Waals surface area contributed by atoms with Crippen LogP contribution in [0.4, 0.5) is 5.13 Å². The Morgan fingerprint density at radius 2 is 1.98 bits per heavy atom. The minimum absolute atomic E-state index is 0.00869. The highest BCUT2D eigenvalue weighted by atomic mass is 32.2. The summed E-state index contributed by atoms with van der Waals surface area (Å²) in [6.07, 6.45) is 0. The number of β-lactam (4-membered cyclic amide) rings is 1. The van der Waals surface area contributed by atoms with E-state index in [1.807, 2.05) is 0 Å². The number of amides is 2. The number of phenolic OH excluding ortho intramolecular Hbond substituents is 2. The Hall–Kier alpha value is -4.97. The number of aromatic nitrogens is 5. The molecule has 0 spiro atoms. The Bertz CT molecular complexity index is 2240. The van der Waals surface area contributed by atoms with Gasteiger partial charge in [0.1, 0.15) is 41.0 Å². The number of hydrogen-bond acceptors (Lipinski definition) is 18. The topological polar surface area (TPSA) is 285 Å². The molecular weight excluding hydrogens is 751 g/mol. The van der Waals surface area contributed by atoms with Crippen molar-refractivity contribution in [2.24, 2.45) is 5.16 Å². The van der Waals surface area contributed by atoms with Crippen LogP contribution in [0, 0.1) is 6.92 Å². The van der Waals surface area contributed by atoms with Gasteiger partial charge in [-0.05, 0) is 30.7 Å². The molecule has 4 aromatic rings. The number of fused-ring (bicyclic) bond motifs is 2. The monoisotopic (exact) mass is 777 g/mol. The van der Waals surface area contributed by atoms with E-state index in [1.165, 1.54) is 33.4 Å². The molecule has 1 saturated heterocycles. The Morgan fingerprint density at radius 1 is 1.20 bits per heavy atom. The fourth-order valence-corrected chi connectivity index (χ4v) is 9.18. The van der Waals surface area contributed by atoms with Gasteiger partial charge in [-0.3, -0.25) is 14.5 Å². The number of hydrogen-bond donors (Lipinski definition) is 6. The molecule has 23 heteroatoms. The van der Waals surface area contributed by atoms with E-state index in [-0.39, 0.29) is 51.1 Å². The van der Waals surface area contributed by atoms with Gasteiger partial charge in [-0.15, -0.1) is 40.0 Å². The number of benzene rings is 1. The number of carboxylic acids is 1. The second kappa shape index (κ2) is 14.3. The number of rotatable bonds is 13. The number of aliphatic hydroxyl groups is 1. The van der Waals surface area contributed by atoms with E-state index in [1.54, 1.807) is 13.0 Å². The minimum atomic E-state index is -3.99. The molecule has 7 N–H and O–H groups in total. The van der Waals surface area contributed by atoms with Crippen molar-refractivity contribution >= 4 is 79.1 Å². The molecule has 0 aliphatic carbocycles. The molecule has 0 unspecified atom stereocenters. The molecule has 5 heterocycles. The predicted molar refractivity (Wildman–Crippen MR) is 183 cm³/mol. The first-order valence-electron chi connectivity index (χ1n) is 14.6. The molecular formula is C28H27N9O10S4. The van der Waals surface area contributed by atoms with Gasteiger partial charge in [-0.2, -0.15) is 9.50 Å². The quantitative estimate of drug-likeness (QED) is 0.0200. The van der Waals surface area contributed by atoms with Crippen molar-refractivity contribution < 1.29 is 48.1 Å². The summed E-state index contributed by atoms with van der Waals surface area (Å²) >= 11 is 3.51. The van der Waals surface area contributed by atoms with Crippen LogP contribution in [0.25, 0.3) is 5.78 Å². The normalized spacial score (nSPS) is 17.7. The van der Waals surface area contributed by atoms with Crippen LogP contribution >= 0.6 is 34.9 Å². The van der Waals surface area contributed by atoms with Gasteiger partial charge < -0.3 is 36.3 Å². The van der Waals surface area contributed by atoms with Crippen LogP contribution in [0.15, 0.2) is 56.0 Å². The van der Waals surface area contributed by atoms with Crippen LogP contribution in [0.1, 0.15) is 17.2 Å². The molecule has 0 bridgehead atoms. The fraction of sp³-hybridized carbons (Fsp3) is 0.286. The van der Waals surface area contributed by atoms with Crippen molar-refractivity contribution in [3.8, 4) is 11.5 Å². The highest BCUT2D eigenvalue weighted by molar-refractivity contribution is 8.01. The third-order valence-corrected chi connectivity index (χ3v) is 12.2. The highest BCUT2D eigenvalue weighted by Crippen LogP contribution is 2.41. The highest BCUT2D eigenvalue weighted by Gasteiger charge is 2.54. The number of anilines is 1. The number of nitrogens with zero attached hydrogens (tertiary/aromatic N) is 7. The molecule has 0 radical (unpaired) electrons. The molecule has 3 aromatic heterocycles. The average molecular weight is 778 g/mol. The summed E-state index contributed by atoms with van der Waals surface area (Å²) in [5.41, 5.74) is 6.22. The van der Waals surface area contributed by atoms with Crippen LogP contribution in [-0.4, -0.2) is 117 Å². The Morgan fingerprint density at radius 3 is 2.67 bits per heavy atom. The van der Waals surface area contributed by atoms with E-state index in [2.05, 4.69) is 30.5 Å². The number of oxime groups is 1. The number of phenols is 2. The number of nitrogens with one attached hydrogen (secondary N) is 1. The number of aliphatic carboxylic acids is 1. The molecule has 6 rings (SSSR count). The standard InChI is InChI=1S/C28H27N9O10S4/c1-12-6-19(37-28(30-12)32-18(8-38)34-37)48-9-13-10-49-25-21(24(42)36(25)22(13)26(43)44)33-23(41)20(15-11-50-27(29)31-15)35-47-4-5-51(45,46)14-2-3-16(39)17(40)7-14/h2-3,6-7,11,21,25,38-40H,4-5,8-10H2,1H3,(H2,29,31)(H,33,41)(H,43,44)/t21-,25-/m1/s1. The summed E-state index contributed by atoms with van der Waals surface area (Å²) in [7, 11) is -3.99. The summed E-state index contributed by atoms with van der Waals surface area (Å²) in [6.45, 7) is 0.855. The van der Waals surface area contributed by atoms with E-state index in [4.69, 9.17) is 10.6 Å². The van der Waals surface area contributed by atoms with Gasteiger partial charge in [0.15, 0.2) is 38.0 Å². The number of aryl methyl sites for hydroxylation is 1. The molecule has 2 amide bonds. The van der Waals surface area contributed by atoms with E-state index < -0.39 is 68.6 Å². The van der Waals surface area contributed by atoms with Crippen LogP contribution < -0.4 is 11.1 Å². The lowest BCUT2D eigenvalue weighted by Crippen LogP contribution is -2.71. The Labute approximate surface area is 300 Å². The van der Waals surface area contributed by atoms with E-state index in [0.717, 1.165) is 34.4 Å². The number of aliphatic hydroxyl groups excluding tert-OH is 1. The van der Waals surface area contributed by atoms with Gasteiger partial charge in [-0.1, -0.05) is 5.16 Å². The van der Waals surface area contributed by atoms with Crippen LogP contribution in [0.2, 0.25) is 0 Å². The lowest BCUT2D eigenvalue weighted by Gasteiger charge is -2.49. The van der Waals surface area contributed by atoms with Crippen molar-refractivity contribution in [1.29, 1.82) is 0 Å². The number of nitrogen functional groups attached to an aromatic ring is 1. The summed E-state index contributed by atoms with van der Waals surface area (Å²) < 4.78 is 26.8. The lowest BCUT2D eigenvalue weighted by atomic mass is 10.0. The van der Waals surface area contributed by atoms with Gasteiger partial charge in [-0.25, -0.2) is 23.2 Å². The van der Waals surface area contributed by atoms with Crippen molar-refractivity contribution in [2.45, 2.75) is 34.9 Å². The van der Waals surface area contributed by atoms with E-state index in [9.17, 15) is 43.2 Å². The number of sulfone groups is 1. The number of nitrogens with two attached hydrogens (primary N) is 1. The maximum Gasteiger partial charge on any atom is 0.352 e. The van der Waals surface area contributed by atoms with Crippen LogP contribution in [0.3, 0.4) is 0 Å². The second-order valence-corrected chi connectivity index (χ2v) is 16.0. The Balaban J connectivity index is 1.15. The zero-order valence-corrected chi connectivity index (χ0v) is 29.4. The summed E-state index contributed by atoms with van der Waals surface area (Å²) in [6, 6.07) is 3.61. The van der Waals surface area contributed by atoms with Crippen molar-refractivity contribution in [3.63, 3.8) is 0 Å². The second-order valence-electron chi connectivity index (χ2n) is 10.9. The summed E-state index contributed by atoms with van der Waals surface area (Å²) in [5.74, 6) is -3.77. The molecule has 1 fully saturated rings. The fourth-order valence-electron chi connectivity index (χ4n) is 5.00. The third-order valence-electron chi connectivity index (χ3n) is 7.41. The third kappa shape index (κ3) is 7.28. The number of thiazole rings is 1. The molecule has 51 heavy (non-hydrogen) atoms. The SMILES string of the molecule is Cc1cc(SCC2=C(C(=O)O)N3C(=O)[C@@H](NC(=O)C(=NOCCS(=O)(=O)c4ccc(O)c(O)c4)c4csc(N)n4)[C@H]3SC2)n2nc(CO)nc2n1. The zero-order valence-electron chi connectivity index (χ0n) is 26.2. The van der Waals surface area contributed by atoms with Gasteiger partial charge in [0.2, 0.25) is 0 Å². The maximum absolute atomic E-state index is 13.4. The zero-order chi connectivity index (χ0) is 36.6. The first kappa shape index (κ1) is 35.8. The smallest absolute Gasteiger partial charge is 0.352 e. The van der Waals surface area contributed by atoms with Gasteiger partial charge in [0.25, 0.3) is 17.6 Å². The van der Waals surface area contributed by atoms with Crippen LogP contribution in [-0.2, 0) is 35.7 Å². The van der Waals surface area contributed by atoms with Gasteiger partial charge >= 0.3 is 5.97 Å². The molecule has 1 aromatic carbocycles. The van der Waals surface area contributed by atoms with Gasteiger partial charge in [0, 0.05) is 28.6 Å². The molecule has 2 aliphatic heterocycles. The number of aromatic hydroxyl groups is 2. The lowest BCUT2D eigenvalue weighted by molar-refractivity contribution is -0.150. The summed E-state index contributed by atoms with van der Waals surface area (Å²) in [5, 5.41) is 50.6. The number of carboxylic acid groups (broad SMARTS) is 1. The van der Waals surface area contributed by atoms with E-state index in [0.29, 0.717) is 16.3 Å². The first-order valence-corrected chi connectivity index (χ1v) is 19.2. The molecule has 19 nitrogen and oxygen atoms in total. The minimum Gasteiger partial charge on any atom is -0.504 e. The van der Waals surface area contributed by atoms with Crippen molar-refractivity contribution in [1.82, 2.24) is 34.8 Å². The molecule has 268 valence electrons. The van der Waals surface area contributed by atoms with Crippen LogP contribution in [0.5, 0.6) is 11.5 Å². The molecule has 2 aliphatic rings. The number of carbonyl (C=O) groups is 3. The van der Waals surface area contributed by atoms with Crippen molar-refractivity contribution in [3.05, 3.63) is 58.1 Å². The molecule has 0 saturated carbocycles. The average Bonchev–Trinajstić information content (AvgIpc) is 3.72. The predicted octanol–water partition coefficient (Wildman–Crippen LogP) is 0.100. The summed E-state index contributed by atoms with van der Waals surface area (Å²) in [4.78, 5) is 57.8. The largest absolute Gasteiger partial charge is 0.504 e. The van der Waals surface area contributed by atoms with Gasteiger partial charge in [0.05, 0.1) is 10.6 Å².